The van der Waals surface area contributed by atoms with Gasteiger partial charge in [-0.3, -0.25) is 4.79 Å². The molecule has 1 aromatic rings. The molecule has 0 aliphatic carbocycles. The van der Waals surface area contributed by atoms with Gasteiger partial charge < -0.3 is 10.6 Å². The standard InChI is InChI=1S/C18H26BrFN2O.ClH/c1-13(14-6-9-21-10-7-14)11-18(23)22-8-2-3-15-4-5-16(19)12-17(15)20;/h4-5,12-14,21H,2-3,6-11H2,1H3,(H,22,23);1H. The highest BCUT2D eigenvalue weighted by molar-refractivity contribution is 9.10. The first-order valence-corrected chi connectivity index (χ1v) is 9.27. The van der Waals surface area contributed by atoms with Gasteiger partial charge in [0.1, 0.15) is 5.82 Å². The Bertz CT molecular complexity index is 524. The molecule has 1 aliphatic heterocycles. The molecule has 1 saturated heterocycles. The summed E-state index contributed by atoms with van der Waals surface area (Å²) in [5.74, 6) is 1.01. The van der Waals surface area contributed by atoms with E-state index in [2.05, 4.69) is 33.5 Å². The van der Waals surface area contributed by atoms with E-state index < -0.39 is 0 Å². The van der Waals surface area contributed by atoms with Crippen molar-refractivity contribution in [2.24, 2.45) is 11.8 Å². The van der Waals surface area contributed by atoms with Gasteiger partial charge in [0.25, 0.3) is 0 Å². The third kappa shape index (κ3) is 7.08. The van der Waals surface area contributed by atoms with Crippen LogP contribution in [-0.2, 0) is 11.2 Å². The highest BCUT2D eigenvalue weighted by atomic mass is 79.9. The fourth-order valence-electron chi connectivity index (χ4n) is 3.18. The van der Waals surface area contributed by atoms with Gasteiger partial charge in [0.15, 0.2) is 0 Å². The summed E-state index contributed by atoms with van der Waals surface area (Å²) >= 11 is 3.25. The first kappa shape index (κ1) is 21.4. The Balaban J connectivity index is 0.00000288. The van der Waals surface area contributed by atoms with Crippen LogP contribution in [0.15, 0.2) is 22.7 Å². The molecule has 1 unspecified atom stereocenters. The molecule has 2 N–H and O–H groups in total. The van der Waals surface area contributed by atoms with Crippen molar-refractivity contribution in [1.82, 2.24) is 10.6 Å². The van der Waals surface area contributed by atoms with E-state index in [1.807, 2.05) is 6.07 Å². The lowest BCUT2D eigenvalue weighted by atomic mass is 9.84. The number of halogens is 3. The van der Waals surface area contributed by atoms with Gasteiger partial charge in [0.05, 0.1) is 0 Å². The summed E-state index contributed by atoms with van der Waals surface area (Å²) in [4.78, 5) is 12.0. The number of rotatable bonds is 7. The number of carbonyl (C=O) groups excluding carboxylic acids is 1. The lowest BCUT2D eigenvalue weighted by molar-refractivity contribution is -0.122. The average Bonchev–Trinajstić information content (AvgIpc) is 2.54. The molecule has 0 saturated carbocycles. The van der Waals surface area contributed by atoms with Gasteiger partial charge in [-0.15, -0.1) is 12.4 Å². The Morgan fingerprint density at radius 3 is 2.79 bits per heavy atom. The summed E-state index contributed by atoms with van der Waals surface area (Å²) < 4.78 is 14.4. The summed E-state index contributed by atoms with van der Waals surface area (Å²) in [5.41, 5.74) is 0.700. The van der Waals surface area contributed by atoms with Gasteiger partial charge in [-0.05, 0) is 68.3 Å². The van der Waals surface area contributed by atoms with Crippen molar-refractivity contribution in [1.29, 1.82) is 0 Å². The van der Waals surface area contributed by atoms with E-state index in [0.29, 0.717) is 36.8 Å². The van der Waals surface area contributed by atoms with E-state index in [1.54, 1.807) is 6.07 Å². The van der Waals surface area contributed by atoms with Crippen molar-refractivity contribution in [3.05, 3.63) is 34.1 Å². The third-order valence-electron chi connectivity index (χ3n) is 4.66. The maximum atomic E-state index is 13.7. The summed E-state index contributed by atoms with van der Waals surface area (Å²) in [7, 11) is 0. The van der Waals surface area contributed by atoms with E-state index in [0.717, 1.165) is 36.8 Å². The number of carbonyl (C=O) groups is 1. The zero-order chi connectivity index (χ0) is 16.7. The van der Waals surface area contributed by atoms with Crippen molar-refractivity contribution in [2.75, 3.05) is 19.6 Å². The van der Waals surface area contributed by atoms with Crippen LogP contribution in [0.4, 0.5) is 4.39 Å². The van der Waals surface area contributed by atoms with Crippen LogP contribution in [0.25, 0.3) is 0 Å². The molecular formula is C18H27BrClFN2O. The maximum absolute atomic E-state index is 13.7. The van der Waals surface area contributed by atoms with Gasteiger partial charge in [-0.2, -0.15) is 0 Å². The molecule has 1 heterocycles. The number of nitrogens with one attached hydrogen (secondary N) is 2. The van der Waals surface area contributed by atoms with Crippen LogP contribution in [0.1, 0.15) is 38.2 Å². The number of hydrogen-bond donors (Lipinski definition) is 2. The van der Waals surface area contributed by atoms with Gasteiger partial charge >= 0.3 is 0 Å². The van der Waals surface area contributed by atoms with Crippen molar-refractivity contribution < 1.29 is 9.18 Å². The lowest BCUT2D eigenvalue weighted by Gasteiger charge is -2.27. The first-order chi connectivity index (χ1) is 11.1. The molecule has 24 heavy (non-hydrogen) atoms. The first-order valence-electron chi connectivity index (χ1n) is 8.47. The predicted octanol–water partition coefficient (Wildman–Crippen LogP) is 4.08. The molecule has 1 amide bonds. The SMILES string of the molecule is CC(CC(=O)NCCCc1ccc(Br)cc1F)C1CCNCC1.Cl. The van der Waals surface area contributed by atoms with E-state index in [1.165, 1.54) is 6.07 Å². The number of aryl methyl sites for hydroxylation is 1. The Labute approximate surface area is 158 Å². The van der Waals surface area contributed by atoms with Crippen LogP contribution in [0.5, 0.6) is 0 Å². The Hall–Kier alpha value is -0.650. The van der Waals surface area contributed by atoms with Crippen LogP contribution in [0.2, 0.25) is 0 Å². The quantitative estimate of drug-likeness (QED) is 0.651. The second-order valence-electron chi connectivity index (χ2n) is 6.46. The Morgan fingerprint density at radius 1 is 1.42 bits per heavy atom. The topological polar surface area (TPSA) is 41.1 Å². The van der Waals surface area contributed by atoms with Crippen molar-refractivity contribution >= 4 is 34.2 Å². The van der Waals surface area contributed by atoms with E-state index in [-0.39, 0.29) is 24.1 Å². The van der Waals surface area contributed by atoms with Crippen LogP contribution in [0, 0.1) is 17.7 Å². The fourth-order valence-corrected chi connectivity index (χ4v) is 3.51. The predicted molar refractivity (Wildman–Crippen MR) is 102 cm³/mol. The number of amides is 1. The zero-order valence-corrected chi connectivity index (χ0v) is 16.5. The molecule has 1 atom stereocenters. The zero-order valence-electron chi connectivity index (χ0n) is 14.1. The molecule has 0 radical (unpaired) electrons. The Kier molecular flexibility index (Phi) is 9.86. The normalized spacial score (nSPS) is 16.3. The van der Waals surface area contributed by atoms with Gasteiger partial charge in [0.2, 0.25) is 5.91 Å². The number of hydrogen-bond acceptors (Lipinski definition) is 2. The molecule has 0 aromatic heterocycles. The molecule has 6 heteroatoms. The van der Waals surface area contributed by atoms with Gasteiger partial charge in [0, 0.05) is 17.4 Å². The van der Waals surface area contributed by atoms with Gasteiger partial charge in [-0.1, -0.05) is 28.9 Å². The highest BCUT2D eigenvalue weighted by Gasteiger charge is 2.21. The second kappa shape index (κ2) is 11.1. The summed E-state index contributed by atoms with van der Waals surface area (Å²) in [5, 5.41) is 6.32. The van der Waals surface area contributed by atoms with Crippen LogP contribution in [0.3, 0.4) is 0 Å². The highest BCUT2D eigenvalue weighted by Crippen LogP contribution is 2.24. The van der Waals surface area contributed by atoms with Gasteiger partial charge in [-0.25, -0.2) is 4.39 Å². The Morgan fingerprint density at radius 2 is 2.12 bits per heavy atom. The summed E-state index contributed by atoms with van der Waals surface area (Å²) in [6, 6.07) is 5.12. The van der Waals surface area contributed by atoms with E-state index in [4.69, 9.17) is 0 Å². The van der Waals surface area contributed by atoms with Crippen LogP contribution < -0.4 is 10.6 Å². The molecular weight excluding hydrogens is 395 g/mol. The van der Waals surface area contributed by atoms with E-state index >= 15 is 0 Å². The summed E-state index contributed by atoms with van der Waals surface area (Å²) in [6.45, 7) is 4.91. The summed E-state index contributed by atoms with van der Waals surface area (Å²) in [6.07, 6.45) is 4.32. The van der Waals surface area contributed by atoms with Crippen molar-refractivity contribution in [3.63, 3.8) is 0 Å². The molecule has 1 aliphatic rings. The third-order valence-corrected chi connectivity index (χ3v) is 5.15. The maximum Gasteiger partial charge on any atom is 0.220 e. The number of benzene rings is 1. The minimum atomic E-state index is -0.190. The number of piperidine rings is 1. The molecule has 0 bridgehead atoms. The smallest absolute Gasteiger partial charge is 0.220 e. The molecule has 1 aromatic carbocycles. The average molecular weight is 422 g/mol. The molecule has 2 rings (SSSR count). The fraction of sp³-hybridized carbons (Fsp3) is 0.611. The largest absolute Gasteiger partial charge is 0.356 e. The van der Waals surface area contributed by atoms with Crippen molar-refractivity contribution in [3.8, 4) is 0 Å². The molecule has 0 spiro atoms. The molecule has 136 valence electrons. The lowest BCUT2D eigenvalue weighted by Crippen LogP contribution is -2.33. The van der Waals surface area contributed by atoms with Crippen LogP contribution >= 0.6 is 28.3 Å². The molecule has 1 fully saturated rings. The van der Waals surface area contributed by atoms with Crippen molar-refractivity contribution in [2.45, 2.75) is 39.0 Å². The van der Waals surface area contributed by atoms with E-state index in [9.17, 15) is 9.18 Å². The van der Waals surface area contributed by atoms with Crippen LogP contribution in [-0.4, -0.2) is 25.5 Å². The second-order valence-corrected chi connectivity index (χ2v) is 7.37. The molecule has 3 nitrogen and oxygen atoms in total. The minimum Gasteiger partial charge on any atom is -0.356 e. The minimum absolute atomic E-state index is 0. The monoisotopic (exact) mass is 420 g/mol.